The number of allylic oxidation sites excluding steroid dienone is 2. The maximum absolute atomic E-state index is 9.18. The van der Waals surface area contributed by atoms with E-state index < -0.39 is 0 Å². The Hall–Kier alpha value is -2.07. The van der Waals surface area contributed by atoms with Gasteiger partial charge in [-0.15, -0.1) is 0 Å². The van der Waals surface area contributed by atoms with E-state index in [0.29, 0.717) is 0 Å². The van der Waals surface area contributed by atoms with Crippen LogP contribution in [-0.4, -0.2) is 0 Å². The molecule has 1 aliphatic rings. The predicted molar refractivity (Wildman–Crippen MR) is 75.1 cm³/mol. The van der Waals surface area contributed by atoms with Crippen LogP contribution >= 0.6 is 0 Å². The smallest absolute Gasteiger partial charge is 0.0998 e. The lowest BCUT2D eigenvalue weighted by Gasteiger charge is -2.10. The molecule has 1 heteroatoms. The number of fused-ring (bicyclic) bond motifs is 1. The third-order valence-corrected chi connectivity index (χ3v) is 3.86. The van der Waals surface area contributed by atoms with E-state index in [4.69, 9.17) is 0 Å². The largest absolute Gasteiger partial charge is 0.192 e. The van der Waals surface area contributed by atoms with Crippen molar-refractivity contribution in [1.82, 2.24) is 0 Å². The molecule has 0 radical (unpaired) electrons. The van der Waals surface area contributed by atoms with Gasteiger partial charge in [0.25, 0.3) is 0 Å². The van der Waals surface area contributed by atoms with Crippen LogP contribution in [0.1, 0.15) is 37.3 Å². The highest BCUT2D eigenvalue weighted by atomic mass is 14.3. The Morgan fingerprint density at radius 3 is 2.44 bits per heavy atom. The summed E-state index contributed by atoms with van der Waals surface area (Å²) in [5.74, 6) is 0. The van der Waals surface area contributed by atoms with Gasteiger partial charge < -0.3 is 0 Å². The van der Waals surface area contributed by atoms with Gasteiger partial charge >= 0.3 is 0 Å². The highest BCUT2D eigenvalue weighted by Gasteiger charge is 2.15. The van der Waals surface area contributed by atoms with E-state index in [1.807, 2.05) is 18.2 Å². The summed E-state index contributed by atoms with van der Waals surface area (Å²) in [6, 6.07) is 14.6. The molecular weight excluding hydrogens is 218 g/mol. The van der Waals surface area contributed by atoms with Gasteiger partial charge in [0, 0.05) is 5.39 Å². The second-order valence-corrected chi connectivity index (χ2v) is 4.93. The molecule has 1 aliphatic carbocycles. The fraction of sp³-hybridized carbons (Fsp3) is 0.235. The van der Waals surface area contributed by atoms with Gasteiger partial charge in [-0.1, -0.05) is 35.9 Å². The molecule has 2 aromatic rings. The van der Waals surface area contributed by atoms with Gasteiger partial charge in [0.15, 0.2) is 0 Å². The first-order chi connectivity index (χ1) is 8.81. The molecule has 2 aromatic carbocycles. The van der Waals surface area contributed by atoms with Crippen LogP contribution in [0.25, 0.3) is 16.3 Å². The summed E-state index contributed by atoms with van der Waals surface area (Å²) in [5, 5.41) is 11.5. The number of nitrogens with zero attached hydrogens (tertiary/aromatic N) is 1. The summed E-state index contributed by atoms with van der Waals surface area (Å²) in [5.41, 5.74) is 5.07. The fourth-order valence-corrected chi connectivity index (χ4v) is 2.92. The Bertz CT molecular complexity index is 686. The maximum Gasteiger partial charge on any atom is 0.0998 e. The third kappa shape index (κ3) is 1.62. The molecule has 0 spiro atoms. The molecule has 3 rings (SSSR count). The second kappa shape index (κ2) is 4.31. The molecule has 18 heavy (non-hydrogen) atoms. The van der Waals surface area contributed by atoms with Crippen molar-refractivity contribution in [3.63, 3.8) is 0 Å². The molecule has 0 saturated carbocycles. The lowest BCUT2D eigenvalue weighted by molar-refractivity contribution is 0.910. The first kappa shape index (κ1) is 11.0. The van der Waals surface area contributed by atoms with Crippen molar-refractivity contribution in [1.29, 1.82) is 5.26 Å². The minimum atomic E-state index is 0.769. The van der Waals surface area contributed by atoms with Crippen molar-refractivity contribution in [2.75, 3.05) is 0 Å². The van der Waals surface area contributed by atoms with Crippen LogP contribution in [0.15, 0.2) is 42.0 Å². The van der Waals surface area contributed by atoms with E-state index in [-0.39, 0.29) is 0 Å². The van der Waals surface area contributed by atoms with Crippen LogP contribution in [0, 0.1) is 11.3 Å². The summed E-state index contributed by atoms with van der Waals surface area (Å²) in [6.45, 7) is 2.23. The fourth-order valence-electron chi connectivity index (χ4n) is 2.92. The lowest BCUT2D eigenvalue weighted by Crippen LogP contribution is -1.88. The number of hydrogen-bond donors (Lipinski definition) is 0. The van der Waals surface area contributed by atoms with E-state index in [2.05, 4.69) is 31.2 Å². The quantitative estimate of drug-likeness (QED) is 0.702. The molecule has 0 bridgehead atoms. The van der Waals surface area contributed by atoms with Crippen LogP contribution in [0.4, 0.5) is 0 Å². The van der Waals surface area contributed by atoms with Crippen molar-refractivity contribution < 1.29 is 0 Å². The number of rotatable bonds is 1. The summed E-state index contributed by atoms with van der Waals surface area (Å²) < 4.78 is 0. The molecule has 0 fully saturated rings. The second-order valence-electron chi connectivity index (χ2n) is 4.93. The average Bonchev–Trinajstić information content (AvgIpc) is 2.83. The van der Waals surface area contributed by atoms with Crippen molar-refractivity contribution in [2.45, 2.75) is 26.2 Å². The van der Waals surface area contributed by atoms with Crippen LogP contribution in [0.2, 0.25) is 0 Å². The number of nitriles is 1. The van der Waals surface area contributed by atoms with Crippen molar-refractivity contribution in [3.8, 4) is 6.07 Å². The Kier molecular flexibility index (Phi) is 2.64. The lowest BCUT2D eigenvalue weighted by atomic mass is 9.94. The topological polar surface area (TPSA) is 23.8 Å². The van der Waals surface area contributed by atoms with Crippen LogP contribution < -0.4 is 0 Å². The van der Waals surface area contributed by atoms with E-state index in [1.54, 1.807) is 0 Å². The summed E-state index contributed by atoms with van der Waals surface area (Å²) in [4.78, 5) is 0. The average molecular weight is 233 g/mol. The van der Waals surface area contributed by atoms with E-state index in [1.165, 1.54) is 41.4 Å². The molecule has 0 N–H and O–H groups in total. The van der Waals surface area contributed by atoms with E-state index in [9.17, 15) is 5.26 Å². The molecule has 0 atom stereocenters. The van der Waals surface area contributed by atoms with E-state index in [0.717, 1.165) is 10.9 Å². The zero-order chi connectivity index (χ0) is 12.5. The van der Waals surface area contributed by atoms with Crippen LogP contribution in [0.5, 0.6) is 0 Å². The molecular formula is C17H15N. The van der Waals surface area contributed by atoms with Gasteiger partial charge in [0.05, 0.1) is 11.6 Å². The maximum atomic E-state index is 9.18. The van der Waals surface area contributed by atoms with Crippen molar-refractivity contribution >= 4 is 16.3 Å². The highest BCUT2D eigenvalue weighted by molar-refractivity contribution is 5.97. The molecule has 0 heterocycles. The zero-order valence-electron chi connectivity index (χ0n) is 10.5. The normalized spacial score (nSPS) is 15.1. The van der Waals surface area contributed by atoms with Gasteiger partial charge in [-0.25, -0.2) is 0 Å². The molecule has 0 aliphatic heterocycles. The highest BCUT2D eigenvalue weighted by Crippen LogP contribution is 2.37. The Labute approximate surface area is 107 Å². The van der Waals surface area contributed by atoms with E-state index >= 15 is 0 Å². The Balaban J connectivity index is 2.33. The summed E-state index contributed by atoms with van der Waals surface area (Å²) >= 11 is 0. The minimum Gasteiger partial charge on any atom is -0.192 e. The minimum absolute atomic E-state index is 0.769. The first-order valence-corrected chi connectivity index (χ1v) is 6.42. The van der Waals surface area contributed by atoms with Gasteiger partial charge in [-0.2, -0.15) is 5.26 Å². The van der Waals surface area contributed by atoms with Gasteiger partial charge in [-0.05, 0) is 48.8 Å². The monoisotopic (exact) mass is 233 g/mol. The number of benzene rings is 2. The molecule has 0 saturated heterocycles. The van der Waals surface area contributed by atoms with Crippen molar-refractivity contribution in [3.05, 3.63) is 53.1 Å². The molecule has 0 amide bonds. The molecule has 0 unspecified atom stereocenters. The Morgan fingerprint density at radius 2 is 1.78 bits per heavy atom. The Morgan fingerprint density at radius 1 is 1.00 bits per heavy atom. The van der Waals surface area contributed by atoms with Crippen LogP contribution in [-0.2, 0) is 0 Å². The summed E-state index contributed by atoms with van der Waals surface area (Å²) in [6.07, 6.45) is 3.64. The summed E-state index contributed by atoms with van der Waals surface area (Å²) in [7, 11) is 0. The predicted octanol–water partition coefficient (Wildman–Crippen LogP) is 4.67. The zero-order valence-corrected chi connectivity index (χ0v) is 10.5. The molecule has 1 nitrogen and oxygen atoms in total. The third-order valence-electron chi connectivity index (χ3n) is 3.86. The molecule has 0 aromatic heterocycles. The SMILES string of the molecule is CC1=C(c2ccc(C#N)c3ccccc23)CCC1. The molecule has 88 valence electrons. The van der Waals surface area contributed by atoms with Crippen molar-refractivity contribution in [2.24, 2.45) is 0 Å². The van der Waals surface area contributed by atoms with Gasteiger partial charge in [-0.3, -0.25) is 0 Å². The first-order valence-electron chi connectivity index (χ1n) is 6.42. The van der Waals surface area contributed by atoms with Gasteiger partial charge in [0.2, 0.25) is 0 Å². The van der Waals surface area contributed by atoms with Crippen LogP contribution in [0.3, 0.4) is 0 Å². The standard InChI is InChI=1S/C17H15N/c1-12-5-4-8-14(12)17-10-9-13(11-18)15-6-2-3-7-16(15)17/h2-3,6-7,9-10H,4-5,8H2,1H3. The number of hydrogen-bond acceptors (Lipinski definition) is 1. The van der Waals surface area contributed by atoms with Gasteiger partial charge in [0.1, 0.15) is 0 Å².